The van der Waals surface area contributed by atoms with Crippen LogP contribution >= 0.6 is 0 Å². The average molecular weight is 246 g/mol. The van der Waals surface area contributed by atoms with Gasteiger partial charge in [0, 0.05) is 24.9 Å². The van der Waals surface area contributed by atoms with Crippen molar-refractivity contribution in [1.29, 1.82) is 0 Å². The highest BCUT2D eigenvalue weighted by Gasteiger charge is 1.99. The van der Waals surface area contributed by atoms with Crippen LogP contribution in [0.2, 0.25) is 0 Å². The summed E-state index contributed by atoms with van der Waals surface area (Å²) in [7, 11) is 0. The van der Waals surface area contributed by atoms with Gasteiger partial charge < -0.3 is 9.84 Å². The zero-order valence-electron chi connectivity index (χ0n) is 10.5. The van der Waals surface area contributed by atoms with E-state index in [1.165, 1.54) is 0 Å². The minimum absolute atomic E-state index is 0.177. The normalized spacial score (nSPS) is 10.6. The van der Waals surface area contributed by atoms with Crippen LogP contribution in [0.15, 0.2) is 36.7 Å². The van der Waals surface area contributed by atoms with Crippen LogP contribution in [0.3, 0.4) is 0 Å². The molecule has 0 unspecified atom stereocenters. The lowest BCUT2D eigenvalue weighted by Crippen LogP contribution is -1.96. The number of hydrogen-bond acceptors (Lipinski definition) is 3. The third kappa shape index (κ3) is 3.34. The molecule has 0 aliphatic heterocycles. The Morgan fingerprint density at radius 1 is 1.22 bits per heavy atom. The van der Waals surface area contributed by atoms with E-state index in [0.717, 1.165) is 23.4 Å². The van der Waals surface area contributed by atoms with Crippen molar-refractivity contribution >= 4 is 0 Å². The fraction of sp³-hybridized carbons (Fsp3) is 0.357. The molecule has 0 spiro atoms. The van der Waals surface area contributed by atoms with E-state index in [-0.39, 0.29) is 6.61 Å². The van der Waals surface area contributed by atoms with Gasteiger partial charge in [-0.15, -0.1) is 0 Å². The van der Waals surface area contributed by atoms with Gasteiger partial charge in [-0.3, -0.25) is 4.68 Å². The van der Waals surface area contributed by atoms with Gasteiger partial charge in [-0.05, 0) is 31.0 Å². The van der Waals surface area contributed by atoms with E-state index in [2.05, 4.69) is 12.0 Å². The fourth-order valence-electron chi connectivity index (χ4n) is 1.70. The van der Waals surface area contributed by atoms with Crippen LogP contribution in [0.25, 0.3) is 0 Å². The third-order valence-electron chi connectivity index (χ3n) is 2.74. The lowest BCUT2D eigenvalue weighted by Gasteiger charge is -2.05. The number of rotatable bonds is 6. The summed E-state index contributed by atoms with van der Waals surface area (Å²) in [5.74, 6) is 0.834. The van der Waals surface area contributed by atoms with Crippen molar-refractivity contribution in [3.8, 4) is 5.75 Å². The molecule has 18 heavy (non-hydrogen) atoms. The minimum atomic E-state index is 0.177. The first-order valence-corrected chi connectivity index (χ1v) is 6.15. The Hall–Kier alpha value is -1.81. The molecule has 0 fully saturated rings. The minimum Gasteiger partial charge on any atom is -0.489 e. The largest absolute Gasteiger partial charge is 0.489 e. The second-order valence-electron chi connectivity index (χ2n) is 4.11. The molecule has 4 heteroatoms. The van der Waals surface area contributed by atoms with E-state index in [0.29, 0.717) is 13.0 Å². The Bertz CT molecular complexity index is 477. The molecule has 0 amide bonds. The smallest absolute Gasteiger partial charge is 0.119 e. The summed E-state index contributed by atoms with van der Waals surface area (Å²) in [6.07, 6.45) is 4.49. The summed E-state index contributed by atoms with van der Waals surface area (Å²) in [4.78, 5) is 0. The molecule has 4 nitrogen and oxygen atoms in total. The maximum Gasteiger partial charge on any atom is 0.119 e. The summed E-state index contributed by atoms with van der Waals surface area (Å²) in [6, 6.07) is 7.80. The number of ether oxygens (including phenoxy) is 1. The van der Waals surface area contributed by atoms with E-state index >= 15 is 0 Å². The lowest BCUT2D eigenvalue weighted by atomic mass is 10.1. The number of aliphatic hydroxyl groups is 1. The first kappa shape index (κ1) is 12.6. The topological polar surface area (TPSA) is 47.3 Å². The van der Waals surface area contributed by atoms with Crippen LogP contribution < -0.4 is 4.74 Å². The monoisotopic (exact) mass is 246 g/mol. The second kappa shape index (κ2) is 6.21. The number of aliphatic hydroxyl groups excluding tert-OH is 1. The zero-order valence-corrected chi connectivity index (χ0v) is 10.5. The Morgan fingerprint density at radius 3 is 2.61 bits per heavy atom. The maximum absolute atomic E-state index is 8.83. The quantitative estimate of drug-likeness (QED) is 0.848. The number of aromatic nitrogens is 2. The zero-order chi connectivity index (χ0) is 12.8. The third-order valence-corrected chi connectivity index (χ3v) is 2.74. The van der Waals surface area contributed by atoms with E-state index in [4.69, 9.17) is 9.84 Å². The van der Waals surface area contributed by atoms with Crippen LogP contribution in [0.4, 0.5) is 0 Å². The predicted octanol–water partition coefficient (Wildman–Crippen LogP) is 2.02. The summed E-state index contributed by atoms with van der Waals surface area (Å²) in [5, 5.41) is 13.0. The van der Waals surface area contributed by atoms with Crippen LogP contribution in [0.5, 0.6) is 5.75 Å². The highest BCUT2D eigenvalue weighted by Crippen LogP contribution is 2.14. The highest BCUT2D eigenvalue weighted by atomic mass is 16.5. The van der Waals surface area contributed by atoms with Gasteiger partial charge in [0.15, 0.2) is 0 Å². The van der Waals surface area contributed by atoms with Gasteiger partial charge in [-0.25, -0.2) is 0 Å². The van der Waals surface area contributed by atoms with Crippen LogP contribution in [-0.2, 0) is 19.6 Å². The molecule has 0 saturated heterocycles. The number of aryl methyl sites for hydroxylation is 1. The number of hydrogen-bond donors (Lipinski definition) is 1. The molecule has 0 bridgehead atoms. The van der Waals surface area contributed by atoms with Crippen LogP contribution in [-0.4, -0.2) is 21.5 Å². The van der Waals surface area contributed by atoms with E-state index in [9.17, 15) is 0 Å². The van der Waals surface area contributed by atoms with Crippen LogP contribution in [0, 0.1) is 0 Å². The summed E-state index contributed by atoms with van der Waals surface area (Å²) in [5.41, 5.74) is 2.18. The molecule has 1 aromatic carbocycles. The molecule has 2 rings (SSSR count). The van der Waals surface area contributed by atoms with Crippen molar-refractivity contribution in [3.63, 3.8) is 0 Å². The van der Waals surface area contributed by atoms with Crippen molar-refractivity contribution in [2.75, 3.05) is 6.61 Å². The van der Waals surface area contributed by atoms with E-state index in [1.807, 2.05) is 41.3 Å². The van der Waals surface area contributed by atoms with Crippen molar-refractivity contribution in [3.05, 3.63) is 47.8 Å². The van der Waals surface area contributed by atoms with Crippen molar-refractivity contribution in [2.45, 2.75) is 26.5 Å². The molecule has 2 aromatic rings. The molecule has 0 saturated carbocycles. The van der Waals surface area contributed by atoms with Gasteiger partial charge in [-0.1, -0.05) is 12.1 Å². The highest BCUT2D eigenvalue weighted by molar-refractivity contribution is 5.27. The van der Waals surface area contributed by atoms with E-state index in [1.54, 1.807) is 0 Å². The molecular weight excluding hydrogens is 228 g/mol. The Balaban J connectivity index is 1.89. The Morgan fingerprint density at radius 2 is 2.00 bits per heavy atom. The SMILES string of the molecule is CCn1cc(COc2ccc(CCO)cc2)cn1. The number of benzene rings is 1. The van der Waals surface area contributed by atoms with Gasteiger partial charge in [-0.2, -0.15) is 5.10 Å². The first-order valence-electron chi connectivity index (χ1n) is 6.15. The molecule has 0 aliphatic carbocycles. The van der Waals surface area contributed by atoms with Gasteiger partial charge >= 0.3 is 0 Å². The average Bonchev–Trinajstić information content (AvgIpc) is 2.86. The van der Waals surface area contributed by atoms with Gasteiger partial charge in [0.05, 0.1) is 6.20 Å². The molecule has 0 aliphatic rings. The maximum atomic E-state index is 8.83. The van der Waals surface area contributed by atoms with Gasteiger partial charge in [0.1, 0.15) is 12.4 Å². The lowest BCUT2D eigenvalue weighted by molar-refractivity contribution is 0.298. The standard InChI is InChI=1S/C14H18N2O2/c1-2-16-10-13(9-15-16)11-18-14-5-3-12(4-6-14)7-8-17/h3-6,9-10,17H,2,7-8,11H2,1H3. The predicted molar refractivity (Wildman–Crippen MR) is 69.5 cm³/mol. The van der Waals surface area contributed by atoms with E-state index < -0.39 is 0 Å². The van der Waals surface area contributed by atoms with Gasteiger partial charge in [0.2, 0.25) is 0 Å². The second-order valence-corrected chi connectivity index (χ2v) is 4.11. The molecule has 1 N–H and O–H groups in total. The fourth-order valence-corrected chi connectivity index (χ4v) is 1.70. The molecule has 1 aromatic heterocycles. The van der Waals surface area contributed by atoms with Crippen molar-refractivity contribution in [1.82, 2.24) is 9.78 Å². The Labute approximate surface area is 107 Å². The number of nitrogens with zero attached hydrogens (tertiary/aromatic N) is 2. The Kier molecular flexibility index (Phi) is 4.36. The summed E-state index contributed by atoms with van der Waals surface area (Å²) in [6.45, 7) is 3.63. The first-order chi connectivity index (χ1) is 8.81. The van der Waals surface area contributed by atoms with Gasteiger partial charge in [0.25, 0.3) is 0 Å². The van der Waals surface area contributed by atoms with Crippen molar-refractivity contribution < 1.29 is 9.84 Å². The molecule has 0 radical (unpaired) electrons. The molecule has 1 heterocycles. The van der Waals surface area contributed by atoms with Crippen molar-refractivity contribution in [2.24, 2.45) is 0 Å². The summed E-state index contributed by atoms with van der Waals surface area (Å²) >= 11 is 0. The summed E-state index contributed by atoms with van der Waals surface area (Å²) < 4.78 is 7.55. The van der Waals surface area contributed by atoms with Crippen LogP contribution in [0.1, 0.15) is 18.1 Å². The molecular formula is C14H18N2O2. The molecule has 0 atom stereocenters. The molecule has 96 valence electrons.